The Morgan fingerprint density at radius 1 is 1.25 bits per heavy atom. The molecule has 0 unspecified atom stereocenters. The normalized spacial score (nSPS) is 22.3. The van der Waals surface area contributed by atoms with Crippen molar-refractivity contribution < 1.29 is 26.7 Å². The first-order valence-corrected chi connectivity index (χ1v) is 9.15. The van der Waals surface area contributed by atoms with E-state index in [0.29, 0.717) is 30.0 Å². The molecule has 0 saturated heterocycles. The monoisotopic (exact) mass is 511 g/mol. The van der Waals surface area contributed by atoms with Crippen LogP contribution in [0.4, 0.5) is 22.0 Å². The van der Waals surface area contributed by atoms with Gasteiger partial charge in [0, 0.05) is 30.5 Å². The van der Waals surface area contributed by atoms with Crippen LogP contribution in [0.5, 0.6) is 5.88 Å². The second-order valence-electron chi connectivity index (χ2n) is 6.42. The highest BCUT2D eigenvalue weighted by Crippen LogP contribution is 2.50. The molecule has 3 heterocycles. The van der Waals surface area contributed by atoms with E-state index in [1.807, 2.05) is 0 Å². The summed E-state index contributed by atoms with van der Waals surface area (Å²) in [5.41, 5.74) is 0.991. The summed E-state index contributed by atoms with van der Waals surface area (Å²) in [6.45, 7) is -1.64. The van der Waals surface area contributed by atoms with Crippen molar-refractivity contribution in [3.8, 4) is 17.1 Å². The molecule has 0 bridgehead atoms. The first kappa shape index (κ1) is 19.2. The molecular formula is C16H11F5IN5O. The second kappa shape index (κ2) is 6.74. The third-order valence-electron chi connectivity index (χ3n) is 4.22. The molecule has 1 fully saturated rings. The van der Waals surface area contributed by atoms with Gasteiger partial charge in [-0.2, -0.15) is 22.8 Å². The second-order valence-corrected chi connectivity index (χ2v) is 8.36. The standard InChI is InChI=1S/C16H11F5IN5O/c17-10-3-8(6-23-14(10)28-7-16(19,20)21)11-1-2-12-24-25-13(27(12)26-11)9-4-15(18,22)5-9/h1-3,6,9H,4-5,7H2. The molecule has 0 aliphatic heterocycles. The minimum Gasteiger partial charge on any atom is -0.466 e. The zero-order valence-corrected chi connectivity index (χ0v) is 16.1. The van der Waals surface area contributed by atoms with Gasteiger partial charge in [-0.25, -0.2) is 13.8 Å². The van der Waals surface area contributed by atoms with Crippen molar-refractivity contribution >= 4 is 28.2 Å². The van der Waals surface area contributed by atoms with Crippen molar-refractivity contribution in [3.63, 3.8) is 0 Å². The molecule has 0 amide bonds. The molecular weight excluding hydrogens is 500 g/mol. The Bertz CT molecular complexity index is 1030. The van der Waals surface area contributed by atoms with Crippen molar-refractivity contribution in [1.29, 1.82) is 0 Å². The lowest BCUT2D eigenvalue weighted by molar-refractivity contribution is -0.154. The first-order chi connectivity index (χ1) is 13.1. The van der Waals surface area contributed by atoms with Gasteiger partial charge in [0.15, 0.2) is 27.6 Å². The van der Waals surface area contributed by atoms with Crippen molar-refractivity contribution in [1.82, 2.24) is 24.8 Å². The van der Waals surface area contributed by atoms with Gasteiger partial charge >= 0.3 is 6.18 Å². The number of hydrogen-bond acceptors (Lipinski definition) is 5. The van der Waals surface area contributed by atoms with Crippen LogP contribution in [0, 0.1) is 5.82 Å². The Morgan fingerprint density at radius 3 is 2.64 bits per heavy atom. The van der Waals surface area contributed by atoms with Gasteiger partial charge in [-0.05, 0) is 40.8 Å². The average molecular weight is 511 g/mol. The largest absolute Gasteiger partial charge is 0.466 e. The van der Waals surface area contributed by atoms with Crippen LogP contribution in [0.25, 0.3) is 16.9 Å². The summed E-state index contributed by atoms with van der Waals surface area (Å²) < 4.78 is 69.0. The Kier molecular flexibility index (Phi) is 4.62. The molecule has 6 nitrogen and oxygen atoms in total. The molecule has 0 radical (unpaired) electrons. The number of fused-ring (bicyclic) bond motifs is 1. The average Bonchev–Trinajstić information content (AvgIpc) is 3.00. The summed E-state index contributed by atoms with van der Waals surface area (Å²) >= 11 is 1.75. The van der Waals surface area contributed by atoms with Crippen molar-refractivity contribution in [2.45, 2.75) is 28.6 Å². The van der Waals surface area contributed by atoms with Crippen LogP contribution in [0.15, 0.2) is 24.4 Å². The maximum atomic E-state index is 14.1. The van der Waals surface area contributed by atoms with Gasteiger partial charge in [-0.15, -0.1) is 10.2 Å². The molecule has 148 valence electrons. The summed E-state index contributed by atoms with van der Waals surface area (Å²) in [5.74, 6) is -1.42. The van der Waals surface area contributed by atoms with E-state index in [9.17, 15) is 22.0 Å². The molecule has 3 aromatic rings. The Labute approximate surface area is 168 Å². The van der Waals surface area contributed by atoms with Crippen LogP contribution in [-0.2, 0) is 0 Å². The number of ether oxygens (including phenoxy) is 1. The number of rotatable bonds is 4. The molecule has 0 aromatic carbocycles. The molecule has 1 aliphatic carbocycles. The van der Waals surface area contributed by atoms with Crippen LogP contribution in [0.2, 0.25) is 0 Å². The Hall–Kier alpha value is -2.12. The molecule has 28 heavy (non-hydrogen) atoms. The zero-order valence-electron chi connectivity index (χ0n) is 13.9. The Morgan fingerprint density at radius 2 is 2.00 bits per heavy atom. The van der Waals surface area contributed by atoms with Crippen LogP contribution < -0.4 is 4.74 Å². The van der Waals surface area contributed by atoms with Gasteiger partial charge in [0.25, 0.3) is 5.88 Å². The summed E-state index contributed by atoms with van der Waals surface area (Å²) in [6, 6.07) is 4.15. The van der Waals surface area contributed by atoms with Crippen LogP contribution >= 0.6 is 22.6 Å². The highest BCUT2D eigenvalue weighted by Gasteiger charge is 2.45. The highest BCUT2D eigenvalue weighted by atomic mass is 127. The van der Waals surface area contributed by atoms with Crippen molar-refractivity contribution in [3.05, 3.63) is 36.0 Å². The summed E-state index contributed by atoms with van der Waals surface area (Å²) in [5, 5.41) is 12.4. The predicted molar refractivity (Wildman–Crippen MR) is 95.4 cm³/mol. The predicted octanol–water partition coefficient (Wildman–Crippen LogP) is 4.24. The van der Waals surface area contributed by atoms with Crippen molar-refractivity contribution in [2.75, 3.05) is 6.61 Å². The van der Waals surface area contributed by atoms with Gasteiger partial charge in [0.2, 0.25) is 0 Å². The SMILES string of the molecule is Fc1cc(-c2ccc3nnc(C4CC(F)(I)C4)n3n2)cnc1OCC(F)(F)F. The minimum absolute atomic E-state index is 0.132. The summed E-state index contributed by atoms with van der Waals surface area (Å²) in [6.07, 6.45) is -2.85. The van der Waals surface area contributed by atoms with E-state index < -0.39 is 28.2 Å². The fourth-order valence-electron chi connectivity index (χ4n) is 2.88. The summed E-state index contributed by atoms with van der Waals surface area (Å²) in [7, 11) is 0. The molecule has 1 saturated carbocycles. The number of alkyl halides is 5. The third kappa shape index (κ3) is 3.86. The molecule has 3 aromatic heterocycles. The lowest BCUT2D eigenvalue weighted by Crippen LogP contribution is -2.33. The van der Waals surface area contributed by atoms with Gasteiger partial charge in [-0.3, -0.25) is 0 Å². The smallest absolute Gasteiger partial charge is 0.422 e. The van der Waals surface area contributed by atoms with Crippen molar-refractivity contribution in [2.24, 2.45) is 0 Å². The zero-order chi connectivity index (χ0) is 20.1. The van der Waals surface area contributed by atoms with Gasteiger partial charge < -0.3 is 4.74 Å². The van der Waals surface area contributed by atoms with E-state index in [0.717, 1.165) is 12.3 Å². The molecule has 4 rings (SSSR count). The quantitative estimate of drug-likeness (QED) is 0.298. The maximum absolute atomic E-state index is 14.1. The topological polar surface area (TPSA) is 65.2 Å². The van der Waals surface area contributed by atoms with Gasteiger partial charge in [0.05, 0.1) is 5.69 Å². The summed E-state index contributed by atoms with van der Waals surface area (Å²) in [4.78, 5) is 3.60. The van der Waals surface area contributed by atoms with E-state index in [4.69, 9.17) is 0 Å². The highest BCUT2D eigenvalue weighted by molar-refractivity contribution is 14.1. The first-order valence-electron chi connectivity index (χ1n) is 8.07. The van der Waals surface area contributed by atoms with Crippen LogP contribution in [0.1, 0.15) is 24.6 Å². The molecule has 0 atom stereocenters. The van der Waals surface area contributed by atoms with Crippen LogP contribution in [-0.4, -0.2) is 41.3 Å². The Balaban J connectivity index is 1.61. The van der Waals surface area contributed by atoms with E-state index in [-0.39, 0.29) is 11.5 Å². The van der Waals surface area contributed by atoms with E-state index >= 15 is 0 Å². The minimum atomic E-state index is -4.60. The van der Waals surface area contributed by atoms with Gasteiger partial charge in [0.1, 0.15) is 0 Å². The van der Waals surface area contributed by atoms with Crippen LogP contribution in [0.3, 0.4) is 0 Å². The van der Waals surface area contributed by atoms with E-state index in [1.54, 1.807) is 34.7 Å². The maximum Gasteiger partial charge on any atom is 0.422 e. The fourth-order valence-corrected chi connectivity index (χ4v) is 3.94. The molecule has 1 aliphatic rings. The number of nitrogens with zero attached hydrogens (tertiary/aromatic N) is 5. The van der Waals surface area contributed by atoms with E-state index in [1.165, 1.54) is 4.52 Å². The number of hydrogen-bond donors (Lipinski definition) is 0. The number of halogens is 6. The molecule has 0 spiro atoms. The number of pyridine rings is 1. The number of aromatic nitrogens is 5. The lowest BCUT2D eigenvalue weighted by Gasteiger charge is -2.35. The van der Waals surface area contributed by atoms with Gasteiger partial charge in [-0.1, -0.05) is 0 Å². The van der Waals surface area contributed by atoms with E-state index in [2.05, 4.69) is 25.0 Å². The fraction of sp³-hybridized carbons (Fsp3) is 0.375. The molecule has 0 N–H and O–H groups in total. The molecule has 12 heteroatoms. The lowest BCUT2D eigenvalue weighted by atomic mass is 9.83. The third-order valence-corrected chi connectivity index (χ3v) is 5.10.